The van der Waals surface area contributed by atoms with E-state index in [0.717, 1.165) is 11.6 Å². The van der Waals surface area contributed by atoms with Crippen LogP contribution in [0.3, 0.4) is 0 Å². The zero-order valence-electron chi connectivity index (χ0n) is 12.4. The molecule has 6 nitrogen and oxygen atoms in total. The fourth-order valence-electron chi connectivity index (χ4n) is 2.01. The van der Waals surface area contributed by atoms with Gasteiger partial charge in [-0.05, 0) is 24.6 Å². The maximum absolute atomic E-state index is 12.1. The van der Waals surface area contributed by atoms with Gasteiger partial charge in [0.1, 0.15) is 10.4 Å². The number of aryl methyl sites for hydroxylation is 1. The molecule has 3 aromatic rings. The van der Waals surface area contributed by atoms with Crippen molar-refractivity contribution < 1.29 is 9.90 Å². The van der Waals surface area contributed by atoms with Crippen molar-refractivity contribution in [2.75, 3.05) is 11.1 Å². The second kappa shape index (κ2) is 6.84. The van der Waals surface area contributed by atoms with Gasteiger partial charge in [0.15, 0.2) is 9.99 Å². The molecule has 1 amide bonds. The minimum absolute atomic E-state index is 0.114. The van der Waals surface area contributed by atoms with E-state index in [1.807, 2.05) is 13.0 Å². The molecule has 3 rings (SSSR count). The minimum atomic E-state index is -0.420. The van der Waals surface area contributed by atoms with E-state index in [1.165, 1.54) is 23.1 Å². The number of rotatable bonds is 4. The number of nitrogens with one attached hydrogen (secondary N) is 2. The zero-order valence-corrected chi connectivity index (χ0v) is 14.8. The zero-order chi connectivity index (χ0) is 17.3. The lowest BCUT2D eigenvalue weighted by Gasteiger charge is -2.08. The molecule has 0 aliphatic heterocycles. The third-order valence-electron chi connectivity index (χ3n) is 3.15. The van der Waals surface area contributed by atoms with Gasteiger partial charge in [0.25, 0.3) is 5.56 Å². The first kappa shape index (κ1) is 16.8. The Morgan fingerprint density at radius 2 is 2.25 bits per heavy atom. The van der Waals surface area contributed by atoms with Gasteiger partial charge in [-0.25, -0.2) is 4.98 Å². The highest BCUT2D eigenvalue weighted by Gasteiger charge is 2.12. The van der Waals surface area contributed by atoms with Crippen LogP contribution in [0.1, 0.15) is 5.56 Å². The topological polar surface area (TPSA) is 95.1 Å². The lowest BCUT2D eigenvalue weighted by atomic mass is 10.2. The Kier molecular flexibility index (Phi) is 4.79. The van der Waals surface area contributed by atoms with E-state index in [4.69, 9.17) is 11.6 Å². The average Bonchev–Trinajstić information content (AvgIpc) is 2.92. The normalized spacial score (nSPS) is 10.9. The van der Waals surface area contributed by atoms with Crippen LogP contribution in [0.25, 0.3) is 10.3 Å². The molecule has 0 aliphatic carbocycles. The number of benzene rings is 1. The largest absolute Gasteiger partial charge is 0.506 e. The van der Waals surface area contributed by atoms with Crippen molar-refractivity contribution >= 4 is 56.6 Å². The molecule has 24 heavy (non-hydrogen) atoms. The van der Waals surface area contributed by atoms with Crippen molar-refractivity contribution in [2.45, 2.75) is 11.3 Å². The van der Waals surface area contributed by atoms with Gasteiger partial charge < -0.3 is 15.4 Å². The number of aromatic nitrogens is 2. The Morgan fingerprint density at radius 1 is 1.46 bits per heavy atom. The van der Waals surface area contributed by atoms with Crippen LogP contribution in [0, 0.1) is 6.92 Å². The highest BCUT2D eigenvalue weighted by molar-refractivity contribution is 8.01. The van der Waals surface area contributed by atoms with Crippen molar-refractivity contribution in [2.24, 2.45) is 0 Å². The van der Waals surface area contributed by atoms with Gasteiger partial charge in [-0.15, -0.1) is 11.3 Å². The van der Waals surface area contributed by atoms with Crippen LogP contribution in [-0.2, 0) is 4.79 Å². The molecule has 0 atom stereocenters. The third kappa shape index (κ3) is 3.72. The predicted octanol–water partition coefficient (Wildman–Crippen LogP) is 3.38. The fraction of sp³-hybridized carbons (Fsp3) is 0.133. The molecule has 1 aromatic carbocycles. The van der Waals surface area contributed by atoms with E-state index in [9.17, 15) is 14.7 Å². The number of fused-ring (bicyclic) bond motifs is 1. The molecule has 2 heterocycles. The van der Waals surface area contributed by atoms with Crippen LogP contribution < -0.4 is 10.9 Å². The van der Waals surface area contributed by atoms with Gasteiger partial charge in [-0.2, -0.15) is 0 Å². The van der Waals surface area contributed by atoms with Gasteiger partial charge in [-0.1, -0.05) is 29.4 Å². The van der Waals surface area contributed by atoms with E-state index in [0.29, 0.717) is 25.4 Å². The standard InChI is InChI=1S/C15H12ClN3O3S2/c1-7-2-3-8(16)4-9(7)17-12(22)6-23-15-19-14-13(24-15)10(20)5-11(21)18-14/h2-5H,6H2,1H3,(H,17,22)(H2,18,20,21). The van der Waals surface area contributed by atoms with Gasteiger partial charge in [0, 0.05) is 16.8 Å². The number of carbonyl (C=O) groups excluding carboxylic acids is 1. The highest BCUT2D eigenvalue weighted by Crippen LogP contribution is 2.33. The molecule has 0 aliphatic rings. The number of aromatic amines is 1. The number of pyridine rings is 1. The number of anilines is 1. The molecule has 0 radical (unpaired) electrons. The molecule has 3 N–H and O–H groups in total. The molecule has 124 valence electrons. The maximum Gasteiger partial charge on any atom is 0.253 e. The Hall–Kier alpha value is -2.03. The molecular formula is C15H12ClN3O3S2. The number of H-pyrrole nitrogens is 1. The van der Waals surface area contributed by atoms with E-state index < -0.39 is 5.56 Å². The van der Waals surface area contributed by atoms with Crippen LogP contribution in [0.15, 0.2) is 33.4 Å². The van der Waals surface area contributed by atoms with Crippen molar-refractivity contribution in [3.8, 4) is 5.75 Å². The first-order valence-electron chi connectivity index (χ1n) is 6.84. The first-order chi connectivity index (χ1) is 11.4. The van der Waals surface area contributed by atoms with Crippen molar-refractivity contribution in [3.63, 3.8) is 0 Å². The number of nitrogens with zero attached hydrogens (tertiary/aromatic N) is 1. The van der Waals surface area contributed by atoms with Crippen LogP contribution in [0.2, 0.25) is 5.02 Å². The summed E-state index contributed by atoms with van der Waals surface area (Å²) < 4.78 is 1.07. The summed E-state index contributed by atoms with van der Waals surface area (Å²) in [6.07, 6.45) is 0. The molecule has 9 heteroatoms. The molecular weight excluding hydrogens is 370 g/mol. The van der Waals surface area contributed by atoms with Crippen LogP contribution in [0.4, 0.5) is 5.69 Å². The quantitative estimate of drug-likeness (QED) is 0.602. The molecule has 0 saturated heterocycles. The SMILES string of the molecule is Cc1ccc(Cl)cc1NC(=O)CSc1nc2[nH]c(=O)cc(O)c2s1. The van der Waals surface area contributed by atoms with E-state index in [-0.39, 0.29) is 17.4 Å². The van der Waals surface area contributed by atoms with E-state index in [1.54, 1.807) is 12.1 Å². The van der Waals surface area contributed by atoms with Gasteiger partial charge >= 0.3 is 0 Å². The van der Waals surface area contributed by atoms with Crippen LogP contribution >= 0.6 is 34.7 Å². The number of hydrogen-bond acceptors (Lipinski definition) is 6. The van der Waals surface area contributed by atoms with E-state index >= 15 is 0 Å². The summed E-state index contributed by atoms with van der Waals surface area (Å²) >= 11 is 8.37. The molecule has 0 spiro atoms. The summed E-state index contributed by atoms with van der Waals surface area (Å²) in [5.41, 5.74) is 1.48. The Morgan fingerprint density at radius 3 is 3.04 bits per heavy atom. The Balaban J connectivity index is 1.69. The second-order valence-electron chi connectivity index (χ2n) is 4.97. The number of thioether (sulfide) groups is 1. The number of halogens is 1. The lowest BCUT2D eigenvalue weighted by molar-refractivity contribution is -0.113. The third-order valence-corrected chi connectivity index (χ3v) is 5.61. The molecule has 0 unspecified atom stereocenters. The minimum Gasteiger partial charge on any atom is -0.506 e. The summed E-state index contributed by atoms with van der Waals surface area (Å²) in [6, 6.07) is 6.39. The summed E-state index contributed by atoms with van der Waals surface area (Å²) in [7, 11) is 0. The second-order valence-corrected chi connectivity index (χ2v) is 7.63. The number of thiazole rings is 1. The number of carbonyl (C=O) groups is 1. The fourth-order valence-corrected chi connectivity index (χ4v) is 3.99. The van der Waals surface area contributed by atoms with Crippen LogP contribution in [0.5, 0.6) is 5.75 Å². The molecule has 0 fully saturated rings. The molecule has 0 bridgehead atoms. The summed E-state index contributed by atoms with van der Waals surface area (Å²) in [6.45, 7) is 1.88. The monoisotopic (exact) mass is 381 g/mol. The smallest absolute Gasteiger partial charge is 0.253 e. The highest BCUT2D eigenvalue weighted by atomic mass is 35.5. The summed E-state index contributed by atoms with van der Waals surface area (Å²) in [5.74, 6) is -0.156. The van der Waals surface area contributed by atoms with Gasteiger partial charge in [0.2, 0.25) is 5.91 Å². The summed E-state index contributed by atoms with van der Waals surface area (Å²) in [5, 5.41) is 13.1. The predicted molar refractivity (Wildman–Crippen MR) is 97.4 cm³/mol. The number of amides is 1. The van der Waals surface area contributed by atoms with Crippen LogP contribution in [-0.4, -0.2) is 26.7 Å². The molecule has 0 saturated carbocycles. The Labute approximate surface area is 149 Å². The number of aromatic hydroxyl groups is 1. The van der Waals surface area contributed by atoms with Crippen molar-refractivity contribution in [3.05, 3.63) is 45.2 Å². The average molecular weight is 382 g/mol. The Bertz CT molecular complexity index is 984. The van der Waals surface area contributed by atoms with Gasteiger partial charge in [0.05, 0.1) is 5.75 Å². The van der Waals surface area contributed by atoms with Crippen molar-refractivity contribution in [1.29, 1.82) is 0 Å². The van der Waals surface area contributed by atoms with Gasteiger partial charge in [-0.3, -0.25) is 9.59 Å². The molecule has 2 aromatic heterocycles. The maximum atomic E-state index is 12.1. The van der Waals surface area contributed by atoms with Crippen molar-refractivity contribution in [1.82, 2.24) is 9.97 Å². The first-order valence-corrected chi connectivity index (χ1v) is 9.02. The summed E-state index contributed by atoms with van der Waals surface area (Å²) in [4.78, 5) is 30.1. The number of hydrogen-bond donors (Lipinski definition) is 3. The van der Waals surface area contributed by atoms with E-state index in [2.05, 4.69) is 15.3 Å². The lowest BCUT2D eigenvalue weighted by Crippen LogP contribution is -2.14.